The first-order valence-electron chi connectivity index (χ1n) is 8.91. The normalized spacial score (nSPS) is 17.0. The van der Waals surface area contributed by atoms with Crippen molar-refractivity contribution in [1.29, 1.82) is 0 Å². The Bertz CT molecular complexity index is 799. The molecule has 1 fully saturated rings. The summed E-state index contributed by atoms with van der Waals surface area (Å²) in [6.45, 7) is 2.89. The van der Waals surface area contributed by atoms with Crippen LogP contribution in [0.15, 0.2) is 48.5 Å². The first kappa shape index (κ1) is 18.1. The number of benzene rings is 2. The van der Waals surface area contributed by atoms with Crippen molar-refractivity contribution >= 4 is 23.2 Å². The van der Waals surface area contributed by atoms with Crippen LogP contribution < -0.4 is 10.2 Å². The van der Waals surface area contributed by atoms with E-state index < -0.39 is 0 Å². The quantitative estimate of drug-likeness (QED) is 0.897. The highest BCUT2D eigenvalue weighted by atomic mass is 16.2. The number of rotatable bonds is 5. The van der Waals surface area contributed by atoms with E-state index in [1.54, 1.807) is 0 Å². The molecule has 0 aliphatic carbocycles. The molecule has 1 N–H and O–H groups in total. The van der Waals surface area contributed by atoms with Crippen molar-refractivity contribution < 1.29 is 9.59 Å². The van der Waals surface area contributed by atoms with Gasteiger partial charge in [0.25, 0.3) is 5.91 Å². The second-order valence-corrected chi connectivity index (χ2v) is 7.09. The number of carbonyl (C=O) groups is 2. The zero-order chi connectivity index (χ0) is 18.7. The van der Waals surface area contributed by atoms with Gasteiger partial charge in [0.05, 0.1) is 0 Å². The number of amides is 2. The van der Waals surface area contributed by atoms with Crippen LogP contribution in [0.1, 0.15) is 35.7 Å². The number of nitrogens with one attached hydrogen (secondary N) is 1. The maximum absolute atomic E-state index is 12.5. The maximum atomic E-state index is 12.5. The summed E-state index contributed by atoms with van der Waals surface area (Å²) >= 11 is 0. The first-order valence-corrected chi connectivity index (χ1v) is 8.91. The number of nitrogens with zero attached hydrogens (tertiary/aromatic N) is 2. The number of carbonyl (C=O) groups excluding carboxylic acids is 2. The molecule has 26 heavy (non-hydrogen) atoms. The third-order valence-electron chi connectivity index (χ3n) is 4.58. The lowest BCUT2D eigenvalue weighted by molar-refractivity contribution is -0.117. The third-order valence-corrected chi connectivity index (χ3v) is 4.58. The van der Waals surface area contributed by atoms with Gasteiger partial charge >= 0.3 is 0 Å². The van der Waals surface area contributed by atoms with Gasteiger partial charge in [-0.1, -0.05) is 18.2 Å². The average molecular weight is 351 g/mol. The monoisotopic (exact) mass is 351 g/mol. The van der Waals surface area contributed by atoms with E-state index in [4.69, 9.17) is 0 Å². The summed E-state index contributed by atoms with van der Waals surface area (Å²) in [5, 5.41) is 2.92. The fourth-order valence-electron chi connectivity index (χ4n) is 3.29. The van der Waals surface area contributed by atoms with Crippen LogP contribution in [0.5, 0.6) is 0 Å². The minimum Gasteiger partial charge on any atom is -0.322 e. The smallest absolute Gasteiger partial charge is 0.255 e. The molecular weight excluding hydrogens is 326 g/mol. The molecule has 2 aromatic rings. The van der Waals surface area contributed by atoms with E-state index in [9.17, 15) is 9.59 Å². The van der Waals surface area contributed by atoms with Crippen molar-refractivity contribution in [2.75, 3.05) is 24.3 Å². The van der Waals surface area contributed by atoms with Crippen LogP contribution >= 0.6 is 0 Å². The number of hydrogen-bond acceptors (Lipinski definition) is 3. The topological polar surface area (TPSA) is 52.7 Å². The molecule has 0 aromatic heterocycles. The van der Waals surface area contributed by atoms with E-state index in [0.29, 0.717) is 17.7 Å². The molecule has 1 aliphatic heterocycles. The minimum atomic E-state index is -0.153. The molecule has 1 heterocycles. The van der Waals surface area contributed by atoms with Crippen molar-refractivity contribution in [1.82, 2.24) is 4.90 Å². The van der Waals surface area contributed by atoms with Crippen molar-refractivity contribution in [2.24, 2.45) is 0 Å². The Morgan fingerprint density at radius 1 is 1.19 bits per heavy atom. The third kappa shape index (κ3) is 4.11. The lowest BCUT2D eigenvalue weighted by Crippen LogP contribution is -2.30. The van der Waals surface area contributed by atoms with Crippen LogP contribution in [0.3, 0.4) is 0 Å². The molecule has 1 atom stereocenters. The van der Waals surface area contributed by atoms with Gasteiger partial charge in [-0.3, -0.25) is 9.59 Å². The molecule has 1 aliphatic rings. The molecule has 0 bridgehead atoms. The Balaban J connectivity index is 1.71. The molecule has 0 saturated carbocycles. The summed E-state index contributed by atoms with van der Waals surface area (Å²) in [6, 6.07) is 15.3. The molecular formula is C21H25N3O2. The SMILES string of the molecule is CC1CCC(=O)N1c1cccc(NC(=O)c2ccc(CN(C)C)cc2)c1. The second kappa shape index (κ2) is 7.70. The number of hydrogen-bond donors (Lipinski definition) is 1. The Hall–Kier alpha value is -2.66. The van der Waals surface area contributed by atoms with Gasteiger partial charge in [-0.2, -0.15) is 0 Å². The fraction of sp³-hybridized carbons (Fsp3) is 0.333. The van der Waals surface area contributed by atoms with Crippen LogP contribution in [0.4, 0.5) is 11.4 Å². The summed E-state index contributed by atoms with van der Waals surface area (Å²) in [5.74, 6) is -0.0168. The maximum Gasteiger partial charge on any atom is 0.255 e. The van der Waals surface area contributed by atoms with E-state index in [2.05, 4.69) is 10.2 Å². The Morgan fingerprint density at radius 2 is 1.92 bits per heavy atom. The summed E-state index contributed by atoms with van der Waals surface area (Å²) < 4.78 is 0. The molecule has 5 heteroatoms. The summed E-state index contributed by atoms with van der Waals surface area (Å²) in [4.78, 5) is 28.5. The van der Waals surface area contributed by atoms with Gasteiger partial charge in [0.15, 0.2) is 0 Å². The number of anilines is 2. The Labute approximate surface area is 154 Å². The van der Waals surface area contributed by atoms with Gasteiger partial charge < -0.3 is 15.1 Å². The van der Waals surface area contributed by atoms with Crippen LogP contribution in [0, 0.1) is 0 Å². The Morgan fingerprint density at radius 3 is 2.54 bits per heavy atom. The van der Waals surface area contributed by atoms with Gasteiger partial charge in [-0.15, -0.1) is 0 Å². The fourth-order valence-corrected chi connectivity index (χ4v) is 3.29. The van der Waals surface area contributed by atoms with Crippen LogP contribution in [0.25, 0.3) is 0 Å². The van der Waals surface area contributed by atoms with Gasteiger partial charge in [0, 0.05) is 35.9 Å². The van der Waals surface area contributed by atoms with E-state index in [1.807, 2.05) is 74.4 Å². The molecule has 2 aromatic carbocycles. The van der Waals surface area contributed by atoms with Crippen molar-refractivity contribution in [3.8, 4) is 0 Å². The summed E-state index contributed by atoms with van der Waals surface area (Å²) in [7, 11) is 4.03. The molecule has 0 spiro atoms. The summed E-state index contributed by atoms with van der Waals surface area (Å²) in [6.07, 6.45) is 1.45. The van der Waals surface area contributed by atoms with Crippen LogP contribution in [-0.2, 0) is 11.3 Å². The largest absolute Gasteiger partial charge is 0.322 e. The zero-order valence-corrected chi connectivity index (χ0v) is 15.5. The first-order chi connectivity index (χ1) is 12.4. The van der Waals surface area contributed by atoms with Crippen LogP contribution in [-0.4, -0.2) is 36.9 Å². The van der Waals surface area contributed by atoms with Crippen molar-refractivity contribution in [3.63, 3.8) is 0 Å². The highest BCUT2D eigenvalue weighted by molar-refractivity contribution is 6.05. The predicted octanol–water partition coefficient (Wildman–Crippen LogP) is 3.52. The van der Waals surface area contributed by atoms with E-state index in [-0.39, 0.29) is 17.9 Å². The molecule has 1 saturated heterocycles. The highest BCUT2D eigenvalue weighted by Crippen LogP contribution is 2.28. The molecule has 3 rings (SSSR count). The summed E-state index contributed by atoms with van der Waals surface area (Å²) in [5.41, 5.74) is 3.30. The van der Waals surface area contributed by atoms with E-state index >= 15 is 0 Å². The molecule has 1 unspecified atom stereocenters. The van der Waals surface area contributed by atoms with E-state index in [0.717, 1.165) is 24.2 Å². The van der Waals surface area contributed by atoms with Crippen LogP contribution in [0.2, 0.25) is 0 Å². The van der Waals surface area contributed by atoms with Gasteiger partial charge in [-0.05, 0) is 63.3 Å². The van der Waals surface area contributed by atoms with Crippen molar-refractivity contribution in [3.05, 3.63) is 59.7 Å². The minimum absolute atomic E-state index is 0.137. The predicted molar refractivity (Wildman–Crippen MR) is 104 cm³/mol. The van der Waals surface area contributed by atoms with Gasteiger partial charge in [0.2, 0.25) is 5.91 Å². The molecule has 0 radical (unpaired) electrons. The van der Waals surface area contributed by atoms with Crippen molar-refractivity contribution in [2.45, 2.75) is 32.4 Å². The van der Waals surface area contributed by atoms with E-state index in [1.165, 1.54) is 0 Å². The average Bonchev–Trinajstić information content (AvgIpc) is 2.94. The zero-order valence-electron chi connectivity index (χ0n) is 15.5. The lowest BCUT2D eigenvalue weighted by atomic mass is 10.1. The van der Waals surface area contributed by atoms with Gasteiger partial charge in [0.1, 0.15) is 0 Å². The Kier molecular flexibility index (Phi) is 5.38. The van der Waals surface area contributed by atoms with Gasteiger partial charge in [-0.25, -0.2) is 0 Å². The molecule has 5 nitrogen and oxygen atoms in total. The highest BCUT2D eigenvalue weighted by Gasteiger charge is 2.28. The molecule has 2 amide bonds. The second-order valence-electron chi connectivity index (χ2n) is 7.09. The molecule has 136 valence electrons. The lowest BCUT2D eigenvalue weighted by Gasteiger charge is -2.22. The standard InChI is InChI=1S/C21H25N3O2/c1-15-7-12-20(25)24(15)19-6-4-5-18(13-19)22-21(26)17-10-8-16(9-11-17)14-23(2)3/h4-6,8-11,13,15H,7,12,14H2,1-3H3,(H,22,26).